The highest BCUT2D eigenvalue weighted by Gasteiger charge is 2.34. The van der Waals surface area contributed by atoms with Gasteiger partial charge in [0.2, 0.25) is 0 Å². The van der Waals surface area contributed by atoms with E-state index in [0.717, 1.165) is 44.7 Å². The van der Waals surface area contributed by atoms with Crippen molar-refractivity contribution in [1.29, 1.82) is 0 Å². The second-order valence-corrected chi connectivity index (χ2v) is 8.46. The predicted molar refractivity (Wildman–Crippen MR) is 116 cm³/mol. The van der Waals surface area contributed by atoms with Crippen molar-refractivity contribution < 1.29 is 14.1 Å². The maximum absolute atomic E-state index is 14.1. The van der Waals surface area contributed by atoms with Gasteiger partial charge in [0.05, 0.1) is 31.9 Å². The summed E-state index contributed by atoms with van der Waals surface area (Å²) in [6.45, 7) is 6.69. The van der Waals surface area contributed by atoms with Crippen LogP contribution in [0, 0.1) is 5.82 Å². The highest BCUT2D eigenvalue weighted by molar-refractivity contribution is 5.86. The van der Waals surface area contributed by atoms with Gasteiger partial charge in [-0.3, -0.25) is 4.79 Å². The smallest absolute Gasteiger partial charge is 0.280 e. The third-order valence-electron chi connectivity index (χ3n) is 6.78. The van der Waals surface area contributed by atoms with Crippen LogP contribution in [-0.2, 0) is 17.8 Å². The Morgan fingerprint density at radius 1 is 1.07 bits per heavy atom. The highest BCUT2D eigenvalue weighted by atomic mass is 19.1. The minimum absolute atomic E-state index is 0.0838. The Kier molecular flexibility index (Phi) is 4.95. The zero-order chi connectivity index (χ0) is 20.7. The first kappa shape index (κ1) is 19.1. The first-order valence-electron chi connectivity index (χ1n) is 10.8. The number of fused-ring (bicyclic) bond motifs is 3. The number of nitrogens with one attached hydrogen (secondary N) is 2. The SMILES string of the molecule is C[C@H](C(=O)N1CCc2[nH]c3ccccc3c2C1)[NH+]1CCN(c2ccccc2F)CC1. The number of quaternary nitrogens is 1. The molecule has 2 N–H and O–H groups in total. The van der Waals surface area contributed by atoms with Gasteiger partial charge in [-0.25, -0.2) is 4.39 Å². The van der Waals surface area contributed by atoms with E-state index in [0.29, 0.717) is 12.2 Å². The third-order valence-corrected chi connectivity index (χ3v) is 6.78. The number of halogens is 1. The third kappa shape index (κ3) is 3.35. The molecule has 30 heavy (non-hydrogen) atoms. The number of piperazine rings is 1. The summed E-state index contributed by atoms with van der Waals surface area (Å²) in [5.41, 5.74) is 4.34. The standard InChI is InChI=1S/C24H27FN4O/c1-17(27-12-14-28(15-13-27)23-9-5-3-7-20(23)25)24(30)29-11-10-22-19(16-29)18-6-2-4-8-21(18)26-22/h2-9,17,26H,10-16H2,1H3/p+1/t17-/m1/s1. The van der Waals surface area contributed by atoms with Crippen molar-refractivity contribution in [2.24, 2.45) is 0 Å². The number of hydrogen-bond acceptors (Lipinski definition) is 2. The summed E-state index contributed by atoms with van der Waals surface area (Å²) in [6, 6.07) is 15.2. The zero-order valence-electron chi connectivity index (χ0n) is 17.3. The van der Waals surface area contributed by atoms with Crippen LogP contribution in [0.3, 0.4) is 0 Å². The molecule has 0 bridgehead atoms. The van der Waals surface area contributed by atoms with Crippen molar-refractivity contribution in [3.05, 3.63) is 65.6 Å². The summed E-state index contributed by atoms with van der Waals surface area (Å²) in [5, 5.41) is 1.23. The van der Waals surface area contributed by atoms with Crippen molar-refractivity contribution in [1.82, 2.24) is 9.88 Å². The summed E-state index contributed by atoms with van der Waals surface area (Å²) >= 11 is 0. The van der Waals surface area contributed by atoms with Gasteiger partial charge in [-0.1, -0.05) is 30.3 Å². The van der Waals surface area contributed by atoms with Crippen molar-refractivity contribution in [2.75, 3.05) is 37.6 Å². The number of benzene rings is 2. The molecule has 2 aliphatic rings. The molecule has 6 heteroatoms. The normalized spacial score (nSPS) is 18.5. The summed E-state index contributed by atoms with van der Waals surface area (Å²) < 4.78 is 14.1. The molecule has 1 aromatic heterocycles. The number of aromatic amines is 1. The Morgan fingerprint density at radius 2 is 1.80 bits per heavy atom. The molecule has 0 saturated carbocycles. The number of carbonyl (C=O) groups excluding carboxylic acids is 1. The number of hydrogen-bond donors (Lipinski definition) is 2. The first-order chi connectivity index (χ1) is 14.6. The average molecular weight is 408 g/mol. The molecule has 1 saturated heterocycles. The molecule has 0 aliphatic carbocycles. The lowest BCUT2D eigenvalue weighted by atomic mass is 10.0. The summed E-state index contributed by atoms with van der Waals surface area (Å²) in [7, 11) is 0. The molecular formula is C24H28FN4O+. The Labute approximate surface area is 176 Å². The topological polar surface area (TPSA) is 43.8 Å². The molecule has 0 spiro atoms. The van der Waals surface area contributed by atoms with E-state index in [-0.39, 0.29) is 17.8 Å². The van der Waals surface area contributed by atoms with E-state index in [4.69, 9.17) is 0 Å². The number of amides is 1. The molecule has 0 radical (unpaired) electrons. The van der Waals surface area contributed by atoms with E-state index in [1.54, 1.807) is 6.07 Å². The molecule has 1 atom stereocenters. The van der Waals surface area contributed by atoms with Gasteiger partial charge in [-0.15, -0.1) is 0 Å². The second kappa shape index (κ2) is 7.76. The Morgan fingerprint density at radius 3 is 2.60 bits per heavy atom. The van der Waals surface area contributed by atoms with E-state index in [1.165, 1.54) is 27.6 Å². The molecule has 5 nitrogen and oxygen atoms in total. The fourth-order valence-electron chi connectivity index (χ4n) is 4.98. The number of carbonyl (C=O) groups is 1. The lowest BCUT2D eigenvalue weighted by molar-refractivity contribution is -0.915. The molecular weight excluding hydrogens is 379 g/mol. The Hall–Kier alpha value is -2.86. The minimum atomic E-state index is -0.173. The van der Waals surface area contributed by atoms with Crippen LogP contribution in [0.4, 0.5) is 10.1 Å². The molecule has 2 aliphatic heterocycles. The molecule has 1 amide bonds. The van der Waals surface area contributed by atoms with Crippen molar-refractivity contribution in [3.63, 3.8) is 0 Å². The van der Waals surface area contributed by atoms with E-state index >= 15 is 0 Å². The number of aromatic nitrogens is 1. The van der Waals surface area contributed by atoms with Crippen LogP contribution in [0.2, 0.25) is 0 Å². The molecule has 3 aromatic rings. The average Bonchev–Trinajstić information content (AvgIpc) is 3.16. The van der Waals surface area contributed by atoms with Crippen LogP contribution in [0.15, 0.2) is 48.5 Å². The number of para-hydroxylation sites is 2. The first-order valence-corrected chi connectivity index (χ1v) is 10.8. The van der Waals surface area contributed by atoms with E-state index < -0.39 is 0 Å². The molecule has 3 heterocycles. The van der Waals surface area contributed by atoms with Crippen LogP contribution in [0.25, 0.3) is 10.9 Å². The van der Waals surface area contributed by atoms with Crippen LogP contribution in [-0.4, -0.2) is 54.6 Å². The molecule has 1 fully saturated rings. The molecule has 5 rings (SSSR count). The number of rotatable bonds is 3. The van der Waals surface area contributed by atoms with Crippen molar-refractivity contribution in [2.45, 2.75) is 25.9 Å². The van der Waals surface area contributed by atoms with E-state index in [2.05, 4.69) is 28.1 Å². The number of anilines is 1. The van der Waals surface area contributed by atoms with Gasteiger partial charge in [-0.2, -0.15) is 0 Å². The lowest BCUT2D eigenvalue weighted by Gasteiger charge is -2.38. The summed E-state index contributed by atoms with van der Waals surface area (Å²) in [5.74, 6) is 0.0493. The van der Waals surface area contributed by atoms with Gasteiger partial charge in [-0.05, 0) is 25.1 Å². The van der Waals surface area contributed by atoms with Crippen molar-refractivity contribution in [3.8, 4) is 0 Å². The van der Waals surface area contributed by atoms with Gasteiger partial charge in [0.1, 0.15) is 5.82 Å². The fourth-order valence-corrected chi connectivity index (χ4v) is 4.98. The van der Waals surface area contributed by atoms with Gasteiger partial charge >= 0.3 is 0 Å². The maximum Gasteiger partial charge on any atom is 0.280 e. The molecule has 156 valence electrons. The highest BCUT2D eigenvalue weighted by Crippen LogP contribution is 2.27. The summed E-state index contributed by atoms with van der Waals surface area (Å²) in [6.07, 6.45) is 0.874. The number of H-pyrrole nitrogens is 1. The monoisotopic (exact) mass is 407 g/mol. The number of nitrogens with zero attached hydrogens (tertiary/aromatic N) is 2. The van der Waals surface area contributed by atoms with Crippen LogP contribution in [0.1, 0.15) is 18.2 Å². The van der Waals surface area contributed by atoms with Gasteiger partial charge in [0.15, 0.2) is 6.04 Å². The van der Waals surface area contributed by atoms with Crippen LogP contribution < -0.4 is 9.80 Å². The van der Waals surface area contributed by atoms with E-state index in [9.17, 15) is 9.18 Å². The van der Waals surface area contributed by atoms with E-state index in [1.807, 2.05) is 30.0 Å². The predicted octanol–water partition coefficient (Wildman–Crippen LogP) is 1.99. The largest absolute Gasteiger partial charge is 0.358 e. The minimum Gasteiger partial charge on any atom is -0.358 e. The van der Waals surface area contributed by atoms with Crippen LogP contribution in [0.5, 0.6) is 0 Å². The zero-order valence-corrected chi connectivity index (χ0v) is 17.3. The molecule has 0 unspecified atom stereocenters. The van der Waals surface area contributed by atoms with Crippen LogP contribution >= 0.6 is 0 Å². The van der Waals surface area contributed by atoms with Gasteiger partial charge in [0, 0.05) is 41.7 Å². The Balaban J connectivity index is 1.24. The lowest BCUT2D eigenvalue weighted by Crippen LogP contribution is -3.19. The van der Waals surface area contributed by atoms with Gasteiger partial charge in [0.25, 0.3) is 5.91 Å². The molecule has 2 aromatic carbocycles. The second-order valence-electron chi connectivity index (χ2n) is 8.46. The maximum atomic E-state index is 14.1. The quantitative estimate of drug-likeness (QED) is 0.698. The fraction of sp³-hybridized carbons (Fsp3) is 0.375. The summed E-state index contributed by atoms with van der Waals surface area (Å²) in [4.78, 5) is 22.2. The van der Waals surface area contributed by atoms with Gasteiger partial charge < -0.3 is 19.7 Å². The van der Waals surface area contributed by atoms with Crippen molar-refractivity contribution >= 4 is 22.5 Å². The Bertz CT molecular complexity index is 1070.